The van der Waals surface area contributed by atoms with Crippen LogP contribution >= 0.6 is 0 Å². The maximum Gasteiger partial charge on any atom is 0.309 e. The highest BCUT2D eigenvalue weighted by atomic mass is 16.5. The molecule has 1 aliphatic rings. The average molecular weight is 219 g/mol. The quantitative estimate of drug-likeness (QED) is 0.696. The van der Waals surface area contributed by atoms with Crippen LogP contribution in [-0.2, 0) is 11.3 Å². The van der Waals surface area contributed by atoms with Gasteiger partial charge in [-0.25, -0.2) is 9.97 Å². The molecule has 0 aliphatic carbocycles. The number of aromatic nitrogens is 2. The van der Waals surface area contributed by atoms with Crippen molar-refractivity contribution >= 4 is 11.0 Å². The Kier molecular flexibility index (Phi) is 2.60. The zero-order valence-corrected chi connectivity index (χ0v) is 9.25. The predicted molar refractivity (Wildman–Crippen MR) is 60.1 cm³/mol. The van der Waals surface area contributed by atoms with Crippen LogP contribution in [0.4, 0.5) is 0 Å². The third-order valence-electron chi connectivity index (χ3n) is 3.12. The van der Waals surface area contributed by atoms with E-state index >= 15 is 0 Å². The molecule has 3 N–H and O–H groups in total. The largest absolute Gasteiger partial charge is 0.370 e. The fraction of sp³-hybridized carbons (Fsp3) is 0.417. The number of morpholine rings is 1. The maximum absolute atomic E-state index is 5.36. The summed E-state index contributed by atoms with van der Waals surface area (Å²) in [6, 6.07) is 8.31. The number of benzene rings is 1. The van der Waals surface area contributed by atoms with Gasteiger partial charge in [0.1, 0.15) is 13.1 Å². The van der Waals surface area contributed by atoms with Crippen LogP contribution in [0.25, 0.3) is 11.0 Å². The maximum atomic E-state index is 5.36. The van der Waals surface area contributed by atoms with E-state index in [2.05, 4.69) is 34.2 Å². The summed E-state index contributed by atoms with van der Waals surface area (Å²) >= 11 is 0. The lowest BCUT2D eigenvalue weighted by Crippen LogP contribution is -3.13. The van der Waals surface area contributed by atoms with E-state index in [0.29, 0.717) is 0 Å². The van der Waals surface area contributed by atoms with Crippen molar-refractivity contribution in [2.45, 2.75) is 6.54 Å². The van der Waals surface area contributed by atoms with Crippen molar-refractivity contribution in [2.75, 3.05) is 26.3 Å². The number of rotatable bonds is 2. The lowest BCUT2D eigenvalue weighted by atomic mass is 10.3. The molecule has 84 valence electrons. The molecule has 2 aromatic rings. The molecule has 0 saturated carbocycles. The lowest BCUT2D eigenvalue weighted by Gasteiger charge is -2.21. The first kappa shape index (κ1) is 9.81. The number of hydrogen-bond acceptors (Lipinski definition) is 1. The van der Waals surface area contributed by atoms with E-state index in [1.54, 1.807) is 4.90 Å². The van der Waals surface area contributed by atoms with Gasteiger partial charge in [0.15, 0.2) is 17.6 Å². The lowest BCUT2D eigenvalue weighted by molar-refractivity contribution is -0.925. The summed E-state index contributed by atoms with van der Waals surface area (Å²) in [6.07, 6.45) is 0. The van der Waals surface area contributed by atoms with Gasteiger partial charge < -0.3 is 9.64 Å². The molecule has 1 aromatic carbocycles. The van der Waals surface area contributed by atoms with Crippen molar-refractivity contribution in [3.8, 4) is 0 Å². The van der Waals surface area contributed by atoms with Crippen molar-refractivity contribution in [1.29, 1.82) is 0 Å². The minimum absolute atomic E-state index is 0.884. The Labute approximate surface area is 94.2 Å². The van der Waals surface area contributed by atoms with E-state index in [9.17, 15) is 0 Å². The SMILES string of the molecule is c1ccc2[nH+]c(C[NH+]3CCOCC3)[nH]c2c1. The fourth-order valence-corrected chi connectivity index (χ4v) is 2.23. The van der Waals surface area contributed by atoms with Gasteiger partial charge in [0.25, 0.3) is 0 Å². The number of para-hydroxylation sites is 2. The highest BCUT2D eigenvalue weighted by Gasteiger charge is 2.19. The zero-order valence-electron chi connectivity index (χ0n) is 9.25. The molecule has 3 rings (SSSR count). The number of ether oxygens (including phenoxy) is 1. The molecule has 0 bridgehead atoms. The highest BCUT2D eigenvalue weighted by Crippen LogP contribution is 2.05. The topological polar surface area (TPSA) is 43.6 Å². The number of imidazole rings is 1. The number of H-pyrrole nitrogens is 2. The van der Waals surface area contributed by atoms with Crippen molar-refractivity contribution in [3.05, 3.63) is 30.1 Å². The van der Waals surface area contributed by atoms with Crippen molar-refractivity contribution in [2.24, 2.45) is 0 Å². The first-order valence-electron chi connectivity index (χ1n) is 5.82. The van der Waals surface area contributed by atoms with E-state index in [4.69, 9.17) is 4.74 Å². The van der Waals surface area contributed by atoms with E-state index in [1.165, 1.54) is 16.9 Å². The van der Waals surface area contributed by atoms with E-state index in [1.807, 2.05) is 0 Å². The summed E-state index contributed by atoms with van der Waals surface area (Å²) in [5, 5.41) is 0. The van der Waals surface area contributed by atoms with Crippen LogP contribution < -0.4 is 9.88 Å². The highest BCUT2D eigenvalue weighted by molar-refractivity contribution is 5.70. The van der Waals surface area contributed by atoms with Crippen LogP contribution in [0.5, 0.6) is 0 Å². The van der Waals surface area contributed by atoms with Crippen LogP contribution in [0, 0.1) is 0 Å². The number of fused-ring (bicyclic) bond motifs is 1. The molecular formula is C12H17N3O+2. The minimum atomic E-state index is 0.884. The monoisotopic (exact) mass is 219 g/mol. The second-order valence-electron chi connectivity index (χ2n) is 4.31. The Bertz CT molecular complexity index is 441. The number of quaternary nitrogens is 1. The van der Waals surface area contributed by atoms with E-state index in [-0.39, 0.29) is 0 Å². The molecule has 16 heavy (non-hydrogen) atoms. The molecule has 1 aromatic heterocycles. The Balaban J connectivity index is 1.78. The molecule has 0 spiro atoms. The molecule has 1 fully saturated rings. The molecule has 4 heteroatoms. The van der Waals surface area contributed by atoms with Crippen LogP contribution in [0.1, 0.15) is 5.82 Å². The predicted octanol–water partition coefficient (Wildman–Crippen LogP) is -0.603. The van der Waals surface area contributed by atoms with Gasteiger partial charge in [0, 0.05) is 0 Å². The van der Waals surface area contributed by atoms with E-state index in [0.717, 1.165) is 32.8 Å². The van der Waals surface area contributed by atoms with E-state index < -0.39 is 0 Å². The minimum Gasteiger partial charge on any atom is -0.370 e. The van der Waals surface area contributed by atoms with Crippen molar-refractivity contribution in [3.63, 3.8) is 0 Å². The molecule has 0 amide bonds. The summed E-state index contributed by atoms with van der Waals surface area (Å²) in [4.78, 5) is 8.43. The first-order chi connectivity index (χ1) is 7.92. The molecule has 1 saturated heterocycles. The van der Waals surface area contributed by atoms with Crippen molar-refractivity contribution in [1.82, 2.24) is 4.98 Å². The second kappa shape index (κ2) is 4.23. The molecule has 4 nitrogen and oxygen atoms in total. The molecule has 0 unspecified atom stereocenters. The average Bonchev–Trinajstić information content (AvgIpc) is 2.72. The van der Waals surface area contributed by atoms with Gasteiger partial charge >= 0.3 is 5.82 Å². The van der Waals surface area contributed by atoms with Gasteiger partial charge in [0.2, 0.25) is 0 Å². The molecule has 0 radical (unpaired) electrons. The molecule has 1 aliphatic heterocycles. The van der Waals surface area contributed by atoms with Crippen molar-refractivity contribution < 1.29 is 14.6 Å². The smallest absolute Gasteiger partial charge is 0.309 e. The van der Waals surface area contributed by atoms with Crippen LogP contribution in [0.2, 0.25) is 0 Å². The summed E-state index contributed by atoms with van der Waals surface area (Å²) in [7, 11) is 0. The van der Waals surface area contributed by atoms with Gasteiger partial charge in [-0.1, -0.05) is 12.1 Å². The second-order valence-corrected chi connectivity index (χ2v) is 4.31. The summed E-state index contributed by atoms with van der Waals surface area (Å²) < 4.78 is 5.36. The standard InChI is InChI=1S/C12H15N3O/c1-2-4-11-10(3-1)13-12(14-11)9-15-5-7-16-8-6-15/h1-4H,5-9H2,(H,13,14)/p+2. The number of hydrogen-bond donors (Lipinski definition) is 2. The van der Waals surface area contributed by atoms with Crippen LogP contribution in [0.3, 0.4) is 0 Å². The summed E-state index contributed by atoms with van der Waals surface area (Å²) in [6.45, 7) is 5.00. The van der Waals surface area contributed by atoms with Crippen LogP contribution in [0.15, 0.2) is 24.3 Å². The Morgan fingerprint density at radius 1 is 1.25 bits per heavy atom. The Morgan fingerprint density at radius 2 is 2.06 bits per heavy atom. The Morgan fingerprint density at radius 3 is 2.88 bits per heavy atom. The fourth-order valence-electron chi connectivity index (χ4n) is 2.23. The van der Waals surface area contributed by atoms with Gasteiger partial charge in [-0.2, -0.15) is 0 Å². The van der Waals surface area contributed by atoms with Gasteiger partial charge in [0.05, 0.1) is 13.2 Å². The summed E-state index contributed by atoms with van der Waals surface area (Å²) in [5.74, 6) is 1.21. The molecular weight excluding hydrogens is 202 g/mol. The van der Waals surface area contributed by atoms with Crippen LogP contribution in [-0.4, -0.2) is 31.3 Å². The first-order valence-corrected chi connectivity index (χ1v) is 5.82. The van der Waals surface area contributed by atoms with Gasteiger partial charge in [-0.15, -0.1) is 0 Å². The molecule has 2 heterocycles. The Hall–Kier alpha value is -1.39. The summed E-state index contributed by atoms with van der Waals surface area (Å²) in [5.41, 5.74) is 2.37. The zero-order chi connectivity index (χ0) is 10.8. The number of nitrogens with one attached hydrogen (secondary N) is 3. The third kappa shape index (κ3) is 1.94. The third-order valence-corrected chi connectivity index (χ3v) is 3.12. The number of aromatic amines is 2. The normalized spacial score (nSPS) is 18.0. The van der Waals surface area contributed by atoms with Gasteiger partial charge in [-0.05, 0) is 12.1 Å². The van der Waals surface area contributed by atoms with Gasteiger partial charge in [-0.3, -0.25) is 0 Å². The molecule has 0 atom stereocenters.